The largest absolute Gasteiger partial charge is 0.417 e. The van der Waals surface area contributed by atoms with Crippen LogP contribution in [0.25, 0.3) is 0 Å². The van der Waals surface area contributed by atoms with Gasteiger partial charge in [0.1, 0.15) is 11.9 Å². The molecule has 0 aromatic heterocycles. The van der Waals surface area contributed by atoms with Crippen LogP contribution in [0.4, 0.5) is 17.6 Å². The summed E-state index contributed by atoms with van der Waals surface area (Å²) < 4.78 is 52.4. The first-order valence-corrected chi connectivity index (χ1v) is 7.29. The minimum atomic E-state index is -4.57. The van der Waals surface area contributed by atoms with E-state index < -0.39 is 23.7 Å². The Kier molecular flexibility index (Phi) is 4.75. The molecule has 0 saturated carbocycles. The topological polar surface area (TPSA) is 20.2 Å². The van der Waals surface area contributed by atoms with E-state index in [0.717, 1.165) is 6.07 Å². The third-order valence-electron chi connectivity index (χ3n) is 2.89. The molecule has 0 fully saturated rings. The van der Waals surface area contributed by atoms with Crippen LogP contribution in [-0.4, -0.2) is 5.11 Å². The Morgan fingerprint density at radius 1 is 1.00 bits per heavy atom. The van der Waals surface area contributed by atoms with Gasteiger partial charge in [-0.3, -0.25) is 0 Å². The highest BCUT2D eigenvalue weighted by atomic mass is 79.9. The van der Waals surface area contributed by atoms with Gasteiger partial charge >= 0.3 is 6.18 Å². The lowest BCUT2D eigenvalue weighted by molar-refractivity contribution is -0.138. The van der Waals surface area contributed by atoms with Crippen molar-refractivity contribution in [2.75, 3.05) is 0 Å². The molecule has 0 spiro atoms. The maximum Gasteiger partial charge on any atom is 0.417 e. The standard InChI is InChI=1S/C14H8Br2F4O/c15-10-5-4-7(6-9(10)14(18,19)20)13(21)8-2-1-3-11(16)12(8)17/h1-6,13,21H. The monoisotopic (exact) mass is 426 g/mol. The summed E-state index contributed by atoms with van der Waals surface area (Å²) in [5, 5.41) is 10.1. The van der Waals surface area contributed by atoms with Crippen molar-refractivity contribution in [1.82, 2.24) is 0 Å². The number of alkyl halides is 3. The third-order valence-corrected chi connectivity index (χ3v) is 4.19. The van der Waals surface area contributed by atoms with Crippen molar-refractivity contribution < 1.29 is 22.7 Å². The minimum Gasteiger partial charge on any atom is -0.384 e. The smallest absolute Gasteiger partial charge is 0.384 e. The molecule has 112 valence electrons. The number of aliphatic hydroxyl groups is 1. The summed E-state index contributed by atoms with van der Waals surface area (Å²) in [6.45, 7) is 0. The summed E-state index contributed by atoms with van der Waals surface area (Å²) in [5.41, 5.74) is -1.06. The van der Waals surface area contributed by atoms with E-state index in [1.54, 1.807) is 0 Å². The van der Waals surface area contributed by atoms with Crippen molar-refractivity contribution in [2.45, 2.75) is 12.3 Å². The number of benzene rings is 2. The minimum absolute atomic E-state index is 0.0393. The van der Waals surface area contributed by atoms with Crippen molar-refractivity contribution in [2.24, 2.45) is 0 Å². The molecule has 1 nitrogen and oxygen atoms in total. The lowest BCUT2D eigenvalue weighted by atomic mass is 9.99. The molecule has 21 heavy (non-hydrogen) atoms. The molecular weight excluding hydrogens is 420 g/mol. The lowest BCUT2D eigenvalue weighted by Crippen LogP contribution is -2.09. The quantitative estimate of drug-likeness (QED) is 0.631. The fraction of sp³-hybridized carbons (Fsp3) is 0.143. The van der Waals surface area contributed by atoms with Gasteiger partial charge in [0.25, 0.3) is 0 Å². The predicted octanol–water partition coefficient (Wildman–Crippen LogP) is 5.45. The van der Waals surface area contributed by atoms with Crippen molar-refractivity contribution in [1.29, 1.82) is 0 Å². The Morgan fingerprint density at radius 2 is 1.67 bits per heavy atom. The van der Waals surface area contributed by atoms with Gasteiger partial charge in [-0.15, -0.1) is 0 Å². The highest BCUT2D eigenvalue weighted by molar-refractivity contribution is 9.10. The van der Waals surface area contributed by atoms with Gasteiger partial charge in [-0.05, 0) is 39.7 Å². The Bertz CT molecular complexity index is 671. The molecular formula is C14H8Br2F4O. The van der Waals surface area contributed by atoms with Crippen LogP contribution in [0.2, 0.25) is 0 Å². The molecule has 1 N–H and O–H groups in total. The van der Waals surface area contributed by atoms with Crippen molar-refractivity contribution in [3.8, 4) is 0 Å². The molecule has 0 aliphatic rings. The first-order chi connectivity index (χ1) is 9.71. The average Bonchev–Trinajstić information content (AvgIpc) is 2.40. The van der Waals surface area contributed by atoms with Crippen LogP contribution < -0.4 is 0 Å². The third kappa shape index (κ3) is 3.46. The molecule has 0 radical (unpaired) electrons. The zero-order valence-electron chi connectivity index (χ0n) is 10.3. The van der Waals surface area contributed by atoms with Gasteiger partial charge in [0, 0.05) is 10.0 Å². The normalized spacial score (nSPS) is 13.3. The van der Waals surface area contributed by atoms with Crippen molar-refractivity contribution in [3.63, 3.8) is 0 Å². The van der Waals surface area contributed by atoms with E-state index in [9.17, 15) is 22.7 Å². The van der Waals surface area contributed by atoms with Gasteiger partial charge in [0.15, 0.2) is 0 Å². The summed E-state index contributed by atoms with van der Waals surface area (Å²) in [6.07, 6.45) is -6.05. The molecule has 2 aromatic rings. The summed E-state index contributed by atoms with van der Waals surface area (Å²) >= 11 is 5.79. The molecule has 0 aliphatic heterocycles. The fourth-order valence-corrected chi connectivity index (χ4v) is 2.69. The molecule has 0 aliphatic carbocycles. The number of hydrogen-bond donors (Lipinski definition) is 1. The molecule has 2 rings (SSSR count). The Hall–Kier alpha value is -0.920. The van der Waals surface area contributed by atoms with E-state index in [0.29, 0.717) is 0 Å². The van der Waals surface area contributed by atoms with E-state index in [1.807, 2.05) is 0 Å². The zero-order chi connectivity index (χ0) is 15.8. The number of halogens is 6. The summed E-state index contributed by atoms with van der Waals surface area (Å²) in [7, 11) is 0. The van der Waals surface area contributed by atoms with Gasteiger partial charge in [-0.1, -0.05) is 34.1 Å². The van der Waals surface area contributed by atoms with E-state index in [4.69, 9.17) is 0 Å². The zero-order valence-corrected chi connectivity index (χ0v) is 13.4. The summed E-state index contributed by atoms with van der Waals surface area (Å²) in [6, 6.07) is 7.54. The van der Waals surface area contributed by atoms with Crippen molar-refractivity contribution in [3.05, 3.63) is 67.9 Å². The number of rotatable bonds is 2. The second-order valence-corrected chi connectivity index (χ2v) is 5.99. The second-order valence-electron chi connectivity index (χ2n) is 4.28. The van der Waals surface area contributed by atoms with Gasteiger partial charge in [0.05, 0.1) is 10.0 Å². The first kappa shape index (κ1) is 16.5. The van der Waals surface area contributed by atoms with E-state index in [1.165, 1.54) is 30.3 Å². The fourth-order valence-electron chi connectivity index (χ4n) is 1.84. The van der Waals surface area contributed by atoms with Gasteiger partial charge in [-0.2, -0.15) is 13.2 Å². The summed E-state index contributed by atoms with van der Waals surface area (Å²) in [4.78, 5) is 0. The van der Waals surface area contributed by atoms with Crippen LogP contribution in [0.1, 0.15) is 22.8 Å². The van der Waals surface area contributed by atoms with Gasteiger partial charge in [-0.25, -0.2) is 4.39 Å². The van der Waals surface area contributed by atoms with Crippen LogP contribution in [0.15, 0.2) is 45.3 Å². The highest BCUT2D eigenvalue weighted by Crippen LogP contribution is 2.37. The molecule has 1 unspecified atom stereocenters. The molecule has 7 heteroatoms. The maximum atomic E-state index is 13.9. The average molecular weight is 428 g/mol. The SMILES string of the molecule is OC(c1ccc(Br)c(C(F)(F)F)c1)c1cccc(Br)c1F. The van der Waals surface area contributed by atoms with Gasteiger partial charge in [0.2, 0.25) is 0 Å². The van der Waals surface area contributed by atoms with Crippen LogP contribution in [-0.2, 0) is 6.18 Å². The molecule has 1 atom stereocenters. The van der Waals surface area contributed by atoms with E-state index >= 15 is 0 Å². The maximum absolute atomic E-state index is 13.9. The lowest BCUT2D eigenvalue weighted by Gasteiger charge is -2.16. The predicted molar refractivity (Wildman–Crippen MR) is 77.3 cm³/mol. The van der Waals surface area contributed by atoms with E-state index in [-0.39, 0.29) is 20.1 Å². The van der Waals surface area contributed by atoms with Crippen molar-refractivity contribution >= 4 is 31.9 Å². The highest BCUT2D eigenvalue weighted by Gasteiger charge is 2.33. The molecule has 0 saturated heterocycles. The number of aliphatic hydroxyl groups excluding tert-OH is 1. The van der Waals surface area contributed by atoms with Crippen LogP contribution in [0, 0.1) is 5.82 Å². The van der Waals surface area contributed by atoms with Crippen LogP contribution in [0.5, 0.6) is 0 Å². The Labute approximate surface area is 134 Å². The molecule has 2 aromatic carbocycles. The first-order valence-electron chi connectivity index (χ1n) is 5.70. The Balaban J connectivity index is 2.49. The number of hydrogen-bond acceptors (Lipinski definition) is 1. The molecule has 0 heterocycles. The summed E-state index contributed by atoms with van der Waals surface area (Å²) in [5.74, 6) is -0.707. The van der Waals surface area contributed by atoms with Gasteiger partial charge < -0.3 is 5.11 Å². The van der Waals surface area contributed by atoms with Crippen LogP contribution in [0.3, 0.4) is 0 Å². The van der Waals surface area contributed by atoms with Crippen LogP contribution >= 0.6 is 31.9 Å². The Morgan fingerprint density at radius 3 is 2.29 bits per heavy atom. The van der Waals surface area contributed by atoms with E-state index in [2.05, 4.69) is 31.9 Å². The second kappa shape index (κ2) is 6.06. The molecule has 0 amide bonds. The molecule has 0 bridgehead atoms.